The molecule has 1 aromatic carbocycles. The summed E-state index contributed by atoms with van der Waals surface area (Å²) in [6, 6.07) is 4.35. The van der Waals surface area contributed by atoms with Gasteiger partial charge >= 0.3 is 0 Å². The van der Waals surface area contributed by atoms with Crippen molar-refractivity contribution in [3.63, 3.8) is 0 Å². The molecular formula is C13H17FN2O3S. The minimum atomic E-state index is -3.40. The highest BCUT2D eigenvalue weighted by Gasteiger charge is 2.26. The molecule has 0 bridgehead atoms. The zero-order valence-electron chi connectivity index (χ0n) is 11.5. The maximum atomic E-state index is 13.2. The Hall–Kier alpha value is -1.47. The van der Waals surface area contributed by atoms with Gasteiger partial charge in [-0.1, -0.05) is 6.07 Å². The molecule has 0 unspecified atom stereocenters. The molecule has 1 aliphatic rings. The van der Waals surface area contributed by atoms with Gasteiger partial charge in [0.15, 0.2) is 0 Å². The van der Waals surface area contributed by atoms with Gasteiger partial charge in [-0.05, 0) is 24.1 Å². The largest absolute Gasteiger partial charge is 0.312 e. The van der Waals surface area contributed by atoms with Gasteiger partial charge in [-0.3, -0.25) is 4.79 Å². The van der Waals surface area contributed by atoms with Crippen LogP contribution in [0.25, 0.3) is 0 Å². The number of amides is 1. The molecule has 1 aromatic rings. The predicted octanol–water partition coefficient (Wildman–Crippen LogP) is 0.996. The van der Waals surface area contributed by atoms with Crippen molar-refractivity contribution in [3.05, 3.63) is 29.6 Å². The first-order valence-corrected chi connectivity index (χ1v) is 7.91. The van der Waals surface area contributed by atoms with Crippen LogP contribution in [0.15, 0.2) is 18.2 Å². The minimum Gasteiger partial charge on any atom is -0.312 e. The van der Waals surface area contributed by atoms with Gasteiger partial charge in [0.1, 0.15) is 5.82 Å². The summed E-state index contributed by atoms with van der Waals surface area (Å²) in [5.74, 6) is -0.927. The van der Waals surface area contributed by atoms with E-state index < -0.39 is 15.8 Å². The van der Waals surface area contributed by atoms with E-state index in [9.17, 15) is 17.6 Å². The van der Waals surface area contributed by atoms with E-state index in [1.165, 1.54) is 31.1 Å². The van der Waals surface area contributed by atoms with Crippen molar-refractivity contribution in [3.8, 4) is 0 Å². The average molecular weight is 300 g/mol. The smallest absolute Gasteiger partial charge is 0.228 e. The molecule has 110 valence electrons. The second kappa shape index (κ2) is 5.49. The van der Waals surface area contributed by atoms with Crippen LogP contribution in [-0.4, -0.2) is 45.0 Å². The topological polar surface area (TPSA) is 57.7 Å². The van der Waals surface area contributed by atoms with Crippen molar-refractivity contribution >= 4 is 21.6 Å². The Morgan fingerprint density at radius 1 is 1.40 bits per heavy atom. The summed E-state index contributed by atoms with van der Waals surface area (Å²) >= 11 is 0. The number of benzene rings is 1. The minimum absolute atomic E-state index is 0.101. The third kappa shape index (κ3) is 2.99. The number of carbonyl (C=O) groups is 1. The molecule has 5 nitrogen and oxygen atoms in total. The van der Waals surface area contributed by atoms with Crippen LogP contribution in [0.1, 0.15) is 12.0 Å². The first kappa shape index (κ1) is 14.9. The summed E-state index contributed by atoms with van der Waals surface area (Å²) in [5, 5.41) is 0. The van der Waals surface area contributed by atoms with E-state index in [1.807, 2.05) is 0 Å². The van der Waals surface area contributed by atoms with Crippen LogP contribution in [0.2, 0.25) is 0 Å². The van der Waals surface area contributed by atoms with E-state index in [4.69, 9.17) is 0 Å². The summed E-state index contributed by atoms with van der Waals surface area (Å²) < 4.78 is 37.6. The summed E-state index contributed by atoms with van der Waals surface area (Å²) in [5.41, 5.74) is 1.47. The van der Waals surface area contributed by atoms with Crippen LogP contribution in [0, 0.1) is 5.82 Å². The number of fused-ring (bicyclic) bond motifs is 1. The van der Waals surface area contributed by atoms with Gasteiger partial charge in [0.25, 0.3) is 0 Å². The van der Waals surface area contributed by atoms with Crippen LogP contribution in [0.5, 0.6) is 0 Å². The number of hydrogen-bond acceptors (Lipinski definition) is 3. The van der Waals surface area contributed by atoms with Crippen molar-refractivity contribution in [2.24, 2.45) is 0 Å². The van der Waals surface area contributed by atoms with Crippen molar-refractivity contribution < 1.29 is 17.6 Å². The predicted molar refractivity (Wildman–Crippen MR) is 74.5 cm³/mol. The number of nitrogens with zero attached hydrogens (tertiary/aromatic N) is 2. The van der Waals surface area contributed by atoms with Gasteiger partial charge in [0.05, 0.1) is 5.75 Å². The lowest BCUT2D eigenvalue weighted by molar-refractivity contribution is -0.118. The summed E-state index contributed by atoms with van der Waals surface area (Å²) in [6.07, 6.45) is 0.568. The van der Waals surface area contributed by atoms with Crippen LogP contribution in [-0.2, 0) is 21.2 Å². The van der Waals surface area contributed by atoms with E-state index >= 15 is 0 Å². The molecule has 0 atom stereocenters. The van der Waals surface area contributed by atoms with Crippen molar-refractivity contribution in [1.29, 1.82) is 0 Å². The molecule has 2 rings (SSSR count). The van der Waals surface area contributed by atoms with Gasteiger partial charge in [-0.15, -0.1) is 0 Å². The number of carbonyl (C=O) groups excluding carboxylic acids is 1. The monoisotopic (exact) mass is 300 g/mol. The first-order chi connectivity index (χ1) is 9.31. The lowest BCUT2D eigenvalue weighted by Gasteiger charge is -2.18. The third-order valence-corrected chi connectivity index (χ3v) is 5.21. The molecule has 0 fully saturated rings. The molecule has 7 heteroatoms. The van der Waals surface area contributed by atoms with Gasteiger partial charge < -0.3 is 4.90 Å². The van der Waals surface area contributed by atoms with Gasteiger partial charge in [0.2, 0.25) is 15.9 Å². The fourth-order valence-corrected chi connectivity index (χ4v) is 2.94. The molecule has 0 saturated heterocycles. The molecule has 1 aliphatic heterocycles. The number of sulfonamides is 1. The molecular weight excluding hydrogens is 283 g/mol. The van der Waals surface area contributed by atoms with E-state index in [0.29, 0.717) is 18.7 Å². The van der Waals surface area contributed by atoms with Crippen LogP contribution in [0.3, 0.4) is 0 Å². The van der Waals surface area contributed by atoms with Crippen LogP contribution in [0.4, 0.5) is 10.1 Å². The SMILES string of the molecule is CN(C)S(=O)(=O)CCC(=O)N1CCc2ccc(F)cc21. The molecule has 0 N–H and O–H groups in total. The van der Waals surface area contributed by atoms with Crippen molar-refractivity contribution in [2.45, 2.75) is 12.8 Å². The van der Waals surface area contributed by atoms with Crippen molar-refractivity contribution in [2.75, 3.05) is 31.3 Å². The Morgan fingerprint density at radius 3 is 2.75 bits per heavy atom. The average Bonchev–Trinajstić information content (AvgIpc) is 2.78. The van der Waals surface area contributed by atoms with Crippen molar-refractivity contribution in [1.82, 2.24) is 4.31 Å². The summed E-state index contributed by atoms with van der Waals surface area (Å²) in [4.78, 5) is 13.6. The van der Waals surface area contributed by atoms with Gasteiger partial charge in [-0.25, -0.2) is 17.1 Å². The van der Waals surface area contributed by atoms with E-state index in [1.54, 1.807) is 6.07 Å². The molecule has 1 amide bonds. The number of halogens is 1. The molecule has 20 heavy (non-hydrogen) atoms. The molecule has 0 saturated carbocycles. The second-order valence-electron chi connectivity index (χ2n) is 4.92. The molecule has 0 radical (unpaired) electrons. The molecule has 0 aliphatic carbocycles. The van der Waals surface area contributed by atoms with E-state index in [2.05, 4.69) is 0 Å². The maximum Gasteiger partial charge on any atom is 0.228 e. The fourth-order valence-electron chi connectivity index (χ4n) is 2.15. The molecule has 0 aromatic heterocycles. The lowest BCUT2D eigenvalue weighted by Crippen LogP contribution is -2.33. The lowest BCUT2D eigenvalue weighted by atomic mass is 10.2. The Kier molecular flexibility index (Phi) is 4.10. The summed E-state index contributed by atoms with van der Waals surface area (Å²) in [7, 11) is -0.535. The zero-order valence-corrected chi connectivity index (χ0v) is 12.3. The number of anilines is 1. The van der Waals surface area contributed by atoms with Gasteiger partial charge in [0, 0.05) is 32.7 Å². The van der Waals surface area contributed by atoms with E-state index in [-0.39, 0.29) is 18.1 Å². The highest BCUT2D eigenvalue weighted by atomic mass is 32.2. The Balaban J connectivity index is 2.08. The van der Waals surface area contributed by atoms with E-state index in [0.717, 1.165) is 9.87 Å². The Bertz CT molecular complexity index is 629. The fraction of sp³-hybridized carbons (Fsp3) is 0.462. The quantitative estimate of drug-likeness (QED) is 0.833. The van der Waals surface area contributed by atoms with Crippen LogP contribution >= 0.6 is 0 Å². The number of hydrogen-bond donors (Lipinski definition) is 0. The highest BCUT2D eigenvalue weighted by Crippen LogP contribution is 2.29. The zero-order chi connectivity index (χ0) is 14.9. The standard InChI is InChI=1S/C13H17FN2O3S/c1-15(2)20(18,19)8-6-13(17)16-7-5-10-3-4-11(14)9-12(10)16/h3-4,9H,5-8H2,1-2H3. The first-order valence-electron chi connectivity index (χ1n) is 6.30. The third-order valence-electron chi connectivity index (χ3n) is 3.37. The molecule has 0 spiro atoms. The Labute approximate surface area is 118 Å². The maximum absolute atomic E-state index is 13.2. The normalized spacial score (nSPS) is 14.7. The molecule has 1 heterocycles. The highest BCUT2D eigenvalue weighted by molar-refractivity contribution is 7.89. The Morgan fingerprint density at radius 2 is 2.10 bits per heavy atom. The number of rotatable bonds is 4. The summed E-state index contributed by atoms with van der Waals surface area (Å²) in [6.45, 7) is 0.472. The second-order valence-corrected chi connectivity index (χ2v) is 7.22. The van der Waals surface area contributed by atoms with Gasteiger partial charge in [-0.2, -0.15) is 0 Å². The van der Waals surface area contributed by atoms with Crippen LogP contribution < -0.4 is 4.90 Å².